The zero-order chi connectivity index (χ0) is 12.5. The third-order valence-electron chi connectivity index (χ3n) is 2.98. The van der Waals surface area contributed by atoms with Crippen LogP contribution in [0.15, 0.2) is 24.3 Å². The van der Waals surface area contributed by atoms with Crippen molar-refractivity contribution in [2.75, 3.05) is 0 Å². The molecule has 1 aromatic heterocycles. The first-order valence-corrected chi connectivity index (χ1v) is 6.46. The average Bonchev–Trinajstić information content (AvgIpc) is 2.81. The summed E-state index contributed by atoms with van der Waals surface area (Å²) in [5.41, 5.74) is 2.75. The van der Waals surface area contributed by atoms with Crippen molar-refractivity contribution in [1.82, 2.24) is 10.2 Å². The van der Waals surface area contributed by atoms with Gasteiger partial charge in [0.05, 0.1) is 0 Å². The van der Waals surface area contributed by atoms with E-state index in [1.807, 2.05) is 12.1 Å². The topological polar surface area (TPSA) is 35.0 Å². The summed E-state index contributed by atoms with van der Waals surface area (Å²) in [6.07, 6.45) is 3.47. The summed E-state index contributed by atoms with van der Waals surface area (Å²) in [7, 11) is 0. The molecular formula is C13H10Cl2N2O. The van der Waals surface area contributed by atoms with Crippen molar-refractivity contribution in [3.05, 3.63) is 45.7 Å². The van der Waals surface area contributed by atoms with Crippen molar-refractivity contribution < 1.29 is 4.74 Å². The van der Waals surface area contributed by atoms with Gasteiger partial charge in [0.25, 0.3) is 0 Å². The summed E-state index contributed by atoms with van der Waals surface area (Å²) in [6, 6.07) is 7.65. The Morgan fingerprint density at radius 2 is 1.83 bits per heavy atom. The Bertz CT molecular complexity index is 602. The summed E-state index contributed by atoms with van der Waals surface area (Å²) in [5, 5.41) is 7.82. The number of fused-ring (bicyclic) bond motifs is 1. The molecule has 1 aliphatic carbocycles. The summed E-state index contributed by atoms with van der Waals surface area (Å²) in [5.74, 6) is 1.18. The largest absolute Gasteiger partial charge is 0.454 e. The first-order valence-electron chi connectivity index (χ1n) is 5.71. The second-order valence-electron chi connectivity index (χ2n) is 4.21. The fourth-order valence-electron chi connectivity index (χ4n) is 2.15. The Labute approximate surface area is 115 Å². The number of hydrogen-bond acceptors (Lipinski definition) is 3. The monoisotopic (exact) mass is 280 g/mol. The molecule has 0 fully saturated rings. The van der Waals surface area contributed by atoms with Crippen molar-refractivity contribution in [2.24, 2.45) is 0 Å². The smallest absolute Gasteiger partial charge is 0.194 e. The fraction of sp³-hybridized carbons (Fsp3) is 0.231. The number of benzene rings is 1. The number of hydrogen-bond donors (Lipinski definition) is 0. The van der Waals surface area contributed by atoms with Crippen molar-refractivity contribution in [3.63, 3.8) is 0 Å². The van der Waals surface area contributed by atoms with Crippen molar-refractivity contribution in [3.8, 4) is 11.5 Å². The standard InChI is InChI=1S/C13H10Cl2N2O/c14-12-7-11(13(15)17-16-12)18-10-5-4-8-2-1-3-9(8)6-10/h4-7H,1-3H2. The van der Waals surface area contributed by atoms with Gasteiger partial charge < -0.3 is 4.74 Å². The number of rotatable bonds is 2. The molecule has 3 nitrogen and oxygen atoms in total. The van der Waals surface area contributed by atoms with Crippen LogP contribution in [0.5, 0.6) is 11.5 Å². The molecule has 0 amide bonds. The molecule has 92 valence electrons. The highest BCUT2D eigenvalue weighted by Gasteiger charge is 2.13. The van der Waals surface area contributed by atoms with Crippen molar-refractivity contribution in [1.29, 1.82) is 0 Å². The maximum atomic E-state index is 5.91. The molecule has 0 N–H and O–H groups in total. The molecule has 0 saturated heterocycles. The van der Waals surface area contributed by atoms with E-state index in [1.54, 1.807) is 6.07 Å². The van der Waals surface area contributed by atoms with Gasteiger partial charge >= 0.3 is 0 Å². The molecule has 3 rings (SSSR count). The number of nitrogens with zero attached hydrogens (tertiary/aromatic N) is 2. The Kier molecular flexibility index (Phi) is 3.10. The van der Waals surface area contributed by atoms with E-state index in [2.05, 4.69) is 16.3 Å². The van der Waals surface area contributed by atoms with E-state index in [9.17, 15) is 0 Å². The minimum Gasteiger partial charge on any atom is -0.454 e. The first-order chi connectivity index (χ1) is 8.72. The minimum absolute atomic E-state index is 0.208. The quantitative estimate of drug-likeness (QED) is 0.832. The lowest BCUT2D eigenvalue weighted by molar-refractivity contribution is 0.478. The Morgan fingerprint density at radius 1 is 1.00 bits per heavy atom. The molecular weight excluding hydrogens is 271 g/mol. The Balaban J connectivity index is 1.90. The van der Waals surface area contributed by atoms with E-state index in [4.69, 9.17) is 27.9 Å². The van der Waals surface area contributed by atoms with Gasteiger partial charge in [-0.15, -0.1) is 10.2 Å². The molecule has 0 unspecified atom stereocenters. The molecule has 0 radical (unpaired) electrons. The number of halogens is 2. The summed E-state index contributed by atoms with van der Waals surface area (Å²) >= 11 is 11.7. The van der Waals surface area contributed by atoms with Crippen LogP contribution < -0.4 is 4.74 Å². The lowest BCUT2D eigenvalue weighted by Gasteiger charge is -2.08. The third-order valence-corrected chi connectivity index (χ3v) is 3.43. The highest BCUT2D eigenvalue weighted by Crippen LogP contribution is 2.32. The number of aryl methyl sites for hydroxylation is 2. The summed E-state index contributed by atoms with van der Waals surface area (Å²) in [4.78, 5) is 0. The molecule has 18 heavy (non-hydrogen) atoms. The van der Waals surface area contributed by atoms with Crippen LogP contribution in [0.1, 0.15) is 17.5 Å². The van der Waals surface area contributed by atoms with Crippen LogP contribution >= 0.6 is 23.2 Å². The third kappa shape index (κ3) is 2.28. The van der Waals surface area contributed by atoms with Crippen LogP contribution in [0, 0.1) is 0 Å². The van der Waals surface area contributed by atoms with Gasteiger partial charge in [-0.25, -0.2) is 0 Å². The van der Waals surface area contributed by atoms with Crippen LogP contribution in [0.2, 0.25) is 10.3 Å². The predicted octanol–water partition coefficient (Wildman–Crippen LogP) is 4.06. The lowest BCUT2D eigenvalue weighted by Crippen LogP contribution is -1.91. The van der Waals surface area contributed by atoms with E-state index in [0.29, 0.717) is 5.75 Å². The van der Waals surface area contributed by atoms with Gasteiger partial charge in [-0.05, 0) is 42.5 Å². The van der Waals surface area contributed by atoms with Gasteiger partial charge in [0.15, 0.2) is 16.1 Å². The summed E-state index contributed by atoms with van der Waals surface area (Å²) in [6.45, 7) is 0. The highest BCUT2D eigenvalue weighted by atomic mass is 35.5. The van der Waals surface area contributed by atoms with Crippen LogP contribution in [0.25, 0.3) is 0 Å². The van der Waals surface area contributed by atoms with E-state index in [-0.39, 0.29) is 10.3 Å². The van der Waals surface area contributed by atoms with Crippen LogP contribution in [0.3, 0.4) is 0 Å². The SMILES string of the molecule is Clc1cc(Oc2ccc3c(c2)CCC3)c(Cl)nn1. The fourth-order valence-corrected chi connectivity index (χ4v) is 2.42. The van der Waals surface area contributed by atoms with Gasteiger partial charge in [0, 0.05) is 6.07 Å². The molecule has 0 aliphatic heterocycles. The van der Waals surface area contributed by atoms with Crippen LogP contribution in [0.4, 0.5) is 0 Å². The highest BCUT2D eigenvalue weighted by molar-refractivity contribution is 6.32. The van der Waals surface area contributed by atoms with E-state index < -0.39 is 0 Å². The molecule has 2 aromatic rings. The maximum absolute atomic E-state index is 5.91. The van der Waals surface area contributed by atoms with Gasteiger partial charge in [-0.2, -0.15) is 0 Å². The molecule has 0 spiro atoms. The summed E-state index contributed by atoms with van der Waals surface area (Å²) < 4.78 is 5.70. The maximum Gasteiger partial charge on any atom is 0.194 e. The van der Waals surface area contributed by atoms with Crippen molar-refractivity contribution in [2.45, 2.75) is 19.3 Å². The minimum atomic E-state index is 0.208. The van der Waals surface area contributed by atoms with E-state index in [0.717, 1.165) is 18.6 Å². The molecule has 0 bridgehead atoms. The Morgan fingerprint density at radius 3 is 2.72 bits per heavy atom. The lowest BCUT2D eigenvalue weighted by atomic mass is 10.1. The van der Waals surface area contributed by atoms with Crippen molar-refractivity contribution >= 4 is 23.2 Å². The molecule has 5 heteroatoms. The second kappa shape index (κ2) is 4.75. The number of aromatic nitrogens is 2. The van der Waals surface area contributed by atoms with E-state index in [1.165, 1.54) is 17.5 Å². The van der Waals surface area contributed by atoms with Gasteiger partial charge in [-0.3, -0.25) is 0 Å². The molecule has 0 saturated carbocycles. The zero-order valence-corrected chi connectivity index (χ0v) is 11.0. The van der Waals surface area contributed by atoms with Gasteiger partial charge in [-0.1, -0.05) is 29.3 Å². The molecule has 0 atom stereocenters. The second-order valence-corrected chi connectivity index (χ2v) is 4.95. The van der Waals surface area contributed by atoms with E-state index >= 15 is 0 Å². The molecule has 1 heterocycles. The van der Waals surface area contributed by atoms with Crippen LogP contribution in [-0.2, 0) is 12.8 Å². The normalized spacial score (nSPS) is 13.4. The van der Waals surface area contributed by atoms with Gasteiger partial charge in [0.1, 0.15) is 5.75 Å². The predicted molar refractivity (Wildman–Crippen MR) is 70.6 cm³/mol. The molecule has 1 aliphatic rings. The average molecular weight is 281 g/mol. The molecule has 1 aromatic carbocycles. The first kappa shape index (κ1) is 11.8. The van der Waals surface area contributed by atoms with Crippen LogP contribution in [-0.4, -0.2) is 10.2 Å². The van der Waals surface area contributed by atoms with Gasteiger partial charge in [0.2, 0.25) is 0 Å². The Hall–Kier alpha value is -1.32. The zero-order valence-electron chi connectivity index (χ0n) is 9.49. The number of ether oxygens (including phenoxy) is 1.